The first kappa shape index (κ1) is 23.9. The van der Waals surface area contributed by atoms with E-state index in [1.165, 1.54) is 3.97 Å². The Balaban J connectivity index is 1.57. The zero-order valence-corrected chi connectivity index (χ0v) is 22.0. The number of para-hydroxylation sites is 1. The van der Waals surface area contributed by atoms with Crippen LogP contribution in [0.1, 0.15) is 30.9 Å². The summed E-state index contributed by atoms with van der Waals surface area (Å²) in [6.45, 7) is 6.04. The molecule has 0 unspecified atom stereocenters. The maximum Gasteiger partial charge on any atom is 0.275 e. The molecule has 3 heterocycles. The Morgan fingerprint density at radius 3 is 2.42 bits per heavy atom. The van der Waals surface area contributed by atoms with E-state index in [9.17, 15) is 13.2 Å². The molecule has 3 aromatic carbocycles. The van der Waals surface area contributed by atoms with Gasteiger partial charge in [0.15, 0.2) is 0 Å². The maximum absolute atomic E-state index is 13.8. The lowest BCUT2D eigenvalue weighted by Gasteiger charge is -2.11. The Labute approximate surface area is 219 Å². The van der Waals surface area contributed by atoms with Gasteiger partial charge in [-0.05, 0) is 42.7 Å². The number of hydrogen-bond acceptors (Lipinski definition) is 4. The molecule has 38 heavy (non-hydrogen) atoms. The quantitative estimate of drug-likeness (QED) is 0.281. The van der Waals surface area contributed by atoms with E-state index in [1.54, 1.807) is 48.9 Å². The zero-order valence-electron chi connectivity index (χ0n) is 21.2. The van der Waals surface area contributed by atoms with Crippen LogP contribution in [0.5, 0.6) is 0 Å². The van der Waals surface area contributed by atoms with Gasteiger partial charge >= 0.3 is 0 Å². The Bertz CT molecular complexity index is 2000. The van der Waals surface area contributed by atoms with Crippen molar-refractivity contribution >= 4 is 31.8 Å². The topological polar surface area (TPSA) is 101 Å². The second-order valence-electron chi connectivity index (χ2n) is 9.78. The summed E-state index contributed by atoms with van der Waals surface area (Å²) in [7, 11) is -3.89. The van der Waals surface area contributed by atoms with Crippen molar-refractivity contribution in [1.82, 2.24) is 18.9 Å². The zero-order chi connectivity index (χ0) is 26.6. The van der Waals surface area contributed by atoms with Crippen molar-refractivity contribution in [2.75, 3.05) is 0 Å². The number of nitrogens with zero attached hydrogens (tertiary/aromatic N) is 2. The third kappa shape index (κ3) is 3.76. The van der Waals surface area contributed by atoms with Gasteiger partial charge in [-0.15, -0.1) is 0 Å². The molecule has 0 saturated heterocycles. The molecule has 0 saturated carbocycles. The number of aryl methyl sites for hydroxylation is 1. The van der Waals surface area contributed by atoms with Crippen LogP contribution in [0.4, 0.5) is 0 Å². The van der Waals surface area contributed by atoms with Gasteiger partial charge in [0.1, 0.15) is 5.69 Å². The normalized spacial score (nSPS) is 12.1. The number of benzene rings is 3. The predicted octanol–water partition coefficient (Wildman–Crippen LogP) is 6.21. The molecular formula is C30H26N4O3S. The Morgan fingerprint density at radius 1 is 0.921 bits per heavy atom. The molecule has 0 aliphatic carbocycles. The summed E-state index contributed by atoms with van der Waals surface area (Å²) in [5.41, 5.74) is 5.14. The van der Waals surface area contributed by atoms with Crippen molar-refractivity contribution in [2.24, 2.45) is 0 Å². The van der Waals surface area contributed by atoms with Crippen molar-refractivity contribution in [3.63, 3.8) is 0 Å². The number of rotatable bonds is 5. The number of aromatic amines is 2. The average Bonchev–Trinajstić information content (AvgIpc) is 3.51. The second-order valence-corrected chi connectivity index (χ2v) is 11.6. The molecule has 0 aliphatic heterocycles. The number of nitrogens with one attached hydrogen (secondary N) is 2. The summed E-state index contributed by atoms with van der Waals surface area (Å²) in [5.74, 6) is 0.126. The van der Waals surface area contributed by atoms with E-state index in [2.05, 4.69) is 28.8 Å². The molecule has 0 atom stereocenters. The lowest BCUT2D eigenvalue weighted by atomic mass is 9.96. The van der Waals surface area contributed by atoms with Gasteiger partial charge in [-0.1, -0.05) is 61.9 Å². The minimum atomic E-state index is -3.89. The van der Waals surface area contributed by atoms with Gasteiger partial charge in [0, 0.05) is 39.8 Å². The van der Waals surface area contributed by atoms with Crippen molar-refractivity contribution in [1.29, 1.82) is 0 Å². The minimum absolute atomic E-state index is 0.126. The molecule has 0 bridgehead atoms. The molecule has 0 aliphatic rings. The highest BCUT2D eigenvalue weighted by Crippen LogP contribution is 2.37. The van der Waals surface area contributed by atoms with Crippen LogP contribution in [-0.4, -0.2) is 27.3 Å². The van der Waals surface area contributed by atoms with Gasteiger partial charge in [0.25, 0.3) is 15.6 Å². The first-order chi connectivity index (χ1) is 18.3. The van der Waals surface area contributed by atoms with Crippen LogP contribution in [0.15, 0.2) is 95.0 Å². The van der Waals surface area contributed by atoms with Gasteiger partial charge < -0.3 is 9.97 Å². The van der Waals surface area contributed by atoms with Gasteiger partial charge in [0.2, 0.25) is 0 Å². The molecular weight excluding hydrogens is 496 g/mol. The highest BCUT2D eigenvalue weighted by atomic mass is 32.2. The van der Waals surface area contributed by atoms with E-state index >= 15 is 0 Å². The number of aromatic nitrogens is 4. The molecule has 3 aromatic heterocycles. The summed E-state index contributed by atoms with van der Waals surface area (Å²) in [6.07, 6.45) is 4.97. The van der Waals surface area contributed by atoms with Crippen LogP contribution in [0.3, 0.4) is 0 Å². The second kappa shape index (κ2) is 8.85. The lowest BCUT2D eigenvalue weighted by Crippen LogP contribution is -2.12. The first-order valence-electron chi connectivity index (χ1n) is 12.4. The van der Waals surface area contributed by atoms with Gasteiger partial charge in [-0.2, -0.15) is 0 Å². The van der Waals surface area contributed by atoms with Gasteiger partial charge in [-0.3, -0.25) is 4.79 Å². The number of hydrogen-bond donors (Lipinski definition) is 2. The largest absolute Gasteiger partial charge is 0.360 e. The fraction of sp³-hybridized carbons (Fsp3) is 0.133. The van der Waals surface area contributed by atoms with Crippen molar-refractivity contribution in [2.45, 2.75) is 31.6 Å². The molecule has 6 aromatic rings. The van der Waals surface area contributed by atoms with Crippen LogP contribution in [0.25, 0.3) is 44.3 Å². The summed E-state index contributed by atoms with van der Waals surface area (Å²) in [6, 6.07) is 20.2. The highest BCUT2D eigenvalue weighted by molar-refractivity contribution is 7.90. The SMILES string of the molecule is Cc1ccc(S(=O)(=O)n2cc(-c3cnc(-c4c[nH]c5ccccc45)c(=O)[nH]3)c3c(C(C)C)cccc32)cc1. The first-order valence-corrected chi connectivity index (χ1v) is 13.8. The van der Waals surface area contributed by atoms with Gasteiger partial charge in [0.05, 0.1) is 22.3 Å². The summed E-state index contributed by atoms with van der Waals surface area (Å²) in [5, 5.41) is 1.68. The van der Waals surface area contributed by atoms with Crippen LogP contribution in [0.2, 0.25) is 0 Å². The fourth-order valence-electron chi connectivity index (χ4n) is 4.99. The van der Waals surface area contributed by atoms with E-state index in [1.807, 2.05) is 43.3 Å². The van der Waals surface area contributed by atoms with Crippen LogP contribution < -0.4 is 5.56 Å². The van der Waals surface area contributed by atoms with Gasteiger partial charge in [-0.25, -0.2) is 17.4 Å². The van der Waals surface area contributed by atoms with Crippen molar-refractivity contribution in [3.05, 3.63) is 107 Å². The summed E-state index contributed by atoms with van der Waals surface area (Å²) in [4.78, 5) is 24.2. The molecule has 7 nitrogen and oxygen atoms in total. The molecule has 8 heteroatoms. The average molecular weight is 523 g/mol. The highest BCUT2D eigenvalue weighted by Gasteiger charge is 2.25. The molecule has 0 spiro atoms. The number of H-pyrrole nitrogens is 2. The van der Waals surface area contributed by atoms with Crippen molar-refractivity contribution in [3.8, 4) is 22.5 Å². The minimum Gasteiger partial charge on any atom is -0.360 e. The third-order valence-electron chi connectivity index (χ3n) is 6.95. The molecule has 2 N–H and O–H groups in total. The maximum atomic E-state index is 13.8. The van der Waals surface area contributed by atoms with Crippen LogP contribution in [0, 0.1) is 6.92 Å². The molecule has 0 radical (unpaired) electrons. The monoisotopic (exact) mass is 522 g/mol. The smallest absolute Gasteiger partial charge is 0.275 e. The van der Waals surface area contributed by atoms with Crippen molar-refractivity contribution < 1.29 is 8.42 Å². The van der Waals surface area contributed by atoms with E-state index < -0.39 is 10.0 Å². The van der Waals surface area contributed by atoms with E-state index in [0.29, 0.717) is 28.0 Å². The Kier molecular flexibility index (Phi) is 5.57. The molecule has 0 amide bonds. The molecule has 6 rings (SSSR count). The van der Waals surface area contributed by atoms with Crippen LogP contribution >= 0.6 is 0 Å². The molecule has 190 valence electrons. The molecule has 0 fully saturated rings. The standard InChI is InChI=1S/C30H26N4O3S/c1-18(2)21-8-6-10-27-28(21)24(17-34(27)38(36,37)20-13-11-19(3)12-14-20)26-16-32-29(30(35)33-26)23-15-31-25-9-5-4-7-22(23)25/h4-18,31H,1-3H3,(H,33,35). The van der Waals surface area contributed by atoms with E-state index in [0.717, 1.165) is 27.4 Å². The lowest BCUT2D eigenvalue weighted by molar-refractivity contribution is 0.589. The Morgan fingerprint density at radius 2 is 1.68 bits per heavy atom. The predicted molar refractivity (Wildman–Crippen MR) is 151 cm³/mol. The van der Waals surface area contributed by atoms with E-state index in [4.69, 9.17) is 0 Å². The Hall–Kier alpha value is -4.43. The van der Waals surface area contributed by atoms with E-state index in [-0.39, 0.29) is 16.4 Å². The third-order valence-corrected chi connectivity index (χ3v) is 8.64. The van der Waals surface area contributed by atoms with Crippen LogP contribution in [-0.2, 0) is 10.0 Å². The summed E-state index contributed by atoms with van der Waals surface area (Å²) < 4.78 is 28.8. The number of fused-ring (bicyclic) bond motifs is 2. The summed E-state index contributed by atoms with van der Waals surface area (Å²) >= 11 is 0. The fourth-order valence-corrected chi connectivity index (χ4v) is 6.35.